The van der Waals surface area contributed by atoms with Crippen LogP contribution in [0.3, 0.4) is 0 Å². The molecule has 1 aliphatic heterocycles. The first kappa shape index (κ1) is 11.7. The predicted octanol–water partition coefficient (Wildman–Crippen LogP) is 2.37. The summed E-state index contributed by atoms with van der Waals surface area (Å²) < 4.78 is 6.49. The Morgan fingerprint density at radius 1 is 1.50 bits per heavy atom. The van der Waals surface area contributed by atoms with Crippen molar-refractivity contribution < 1.29 is 9.21 Å². The van der Waals surface area contributed by atoms with Gasteiger partial charge in [0.05, 0.1) is 4.47 Å². The summed E-state index contributed by atoms with van der Waals surface area (Å²) in [5.74, 6) is 0.303. The fourth-order valence-electron chi connectivity index (χ4n) is 2.26. The lowest BCUT2D eigenvalue weighted by Gasteiger charge is -2.13. The Morgan fingerprint density at radius 3 is 3.00 bits per heavy atom. The van der Waals surface area contributed by atoms with E-state index >= 15 is 0 Å². The van der Waals surface area contributed by atoms with Gasteiger partial charge in [0, 0.05) is 24.5 Å². The third kappa shape index (κ3) is 1.93. The van der Waals surface area contributed by atoms with Gasteiger partial charge in [-0.15, -0.1) is 0 Å². The van der Waals surface area contributed by atoms with Crippen molar-refractivity contribution in [1.82, 2.24) is 4.90 Å². The fraction of sp³-hybridized carbons (Fsp3) is 0.308. The van der Waals surface area contributed by atoms with Crippen LogP contribution < -0.4 is 5.73 Å². The molecule has 2 heterocycles. The molecule has 1 fully saturated rings. The highest BCUT2D eigenvalue weighted by Crippen LogP contribution is 2.28. The summed E-state index contributed by atoms with van der Waals surface area (Å²) in [6.07, 6.45) is 0.857. The molecule has 3 rings (SSSR count). The van der Waals surface area contributed by atoms with E-state index in [0.29, 0.717) is 24.4 Å². The molecule has 1 aliphatic rings. The first-order valence-electron chi connectivity index (χ1n) is 5.88. The molecule has 1 amide bonds. The number of para-hydroxylation sites is 1. The normalized spacial score (nSPS) is 19.7. The molecule has 4 nitrogen and oxygen atoms in total. The topological polar surface area (TPSA) is 59.5 Å². The minimum absolute atomic E-state index is 0.0777. The van der Waals surface area contributed by atoms with E-state index in [9.17, 15) is 4.79 Å². The van der Waals surface area contributed by atoms with Gasteiger partial charge in [-0.05, 0) is 34.5 Å². The van der Waals surface area contributed by atoms with E-state index in [0.717, 1.165) is 16.3 Å². The maximum atomic E-state index is 12.2. The summed E-state index contributed by atoms with van der Waals surface area (Å²) in [7, 11) is 0. The van der Waals surface area contributed by atoms with Crippen molar-refractivity contribution in [3.05, 3.63) is 34.5 Å². The van der Waals surface area contributed by atoms with Crippen LogP contribution in [0.4, 0.5) is 0 Å². The monoisotopic (exact) mass is 308 g/mol. The molecular weight excluding hydrogens is 296 g/mol. The van der Waals surface area contributed by atoms with E-state index < -0.39 is 0 Å². The molecule has 0 radical (unpaired) electrons. The molecule has 1 saturated heterocycles. The lowest BCUT2D eigenvalue weighted by atomic mass is 10.2. The number of amides is 1. The highest BCUT2D eigenvalue weighted by Gasteiger charge is 2.26. The zero-order valence-corrected chi connectivity index (χ0v) is 11.3. The number of rotatable bonds is 1. The van der Waals surface area contributed by atoms with Crippen LogP contribution >= 0.6 is 15.9 Å². The fourth-order valence-corrected chi connectivity index (χ4v) is 2.72. The van der Waals surface area contributed by atoms with Crippen LogP contribution in [0, 0.1) is 0 Å². The zero-order valence-electron chi connectivity index (χ0n) is 9.73. The molecule has 0 spiro atoms. The second kappa shape index (κ2) is 4.40. The van der Waals surface area contributed by atoms with Gasteiger partial charge >= 0.3 is 0 Å². The lowest BCUT2D eigenvalue weighted by molar-refractivity contribution is 0.0761. The third-order valence-corrected chi connectivity index (χ3v) is 3.84. The van der Waals surface area contributed by atoms with Crippen LogP contribution in [0.5, 0.6) is 0 Å². The Bertz CT molecular complexity index is 608. The van der Waals surface area contributed by atoms with Gasteiger partial charge in [0.15, 0.2) is 5.76 Å². The van der Waals surface area contributed by atoms with Crippen molar-refractivity contribution in [2.45, 2.75) is 12.5 Å². The average Bonchev–Trinajstić information content (AvgIpc) is 2.95. The predicted molar refractivity (Wildman–Crippen MR) is 72.4 cm³/mol. The molecule has 94 valence electrons. The summed E-state index contributed by atoms with van der Waals surface area (Å²) in [6, 6.07) is 7.61. The number of likely N-dealkylation sites (tertiary alicyclic amines) is 1. The number of fused-ring (bicyclic) bond motifs is 1. The van der Waals surface area contributed by atoms with E-state index in [1.165, 1.54) is 0 Å². The van der Waals surface area contributed by atoms with Crippen LogP contribution in [-0.4, -0.2) is 29.9 Å². The number of carbonyl (C=O) groups is 1. The Kier molecular flexibility index (Phi) is 2.87. The number of nitrogens with two attached hydrogens (primary N) is 1. The van der Waals surface area contributed by atoms with E-state index in [4.69, 9.17) is 10.2 Å². The van der Waals surface area contributed by atoms with Crippen molar-refractivity contribution in [3.63, 3.8) is 0 Å². The maximum Gasteiger partial charge on any atom is 0.289 e. The van der Waals surface area contributed by atoms with Gasteiger partial charge in [-0.1, -0.05) is 12.1 Å². The smallest absolute Gasteiger partial charge is 0.289 e. The van der Waals surface area contributed by atoms with Crippen molar-refractivity contribution >= 4 is 32.8 Å². The minimum atomic E-state index is -0.0777. The van der Waals surface area contributed by atoms with E-state index in [1.54, 1.807) is 11.0 Å². The number of benzene rings is 1. The van der Waals surface area contributed by atoms with Gasteiger partial charge in [0.2, 0.25) is 0 Å². The maximum absolute atomic E-state index is 12.2. The summed E-state index contributed by atoms with van der Waals surface area (Å²) in [4.78, 5) is 14.0. The van der Waals surface area contributed by atoms with Gasteiger partial charge in [-0.25, -0.2) is 0 Å². The van der Waals surface area contributed by atoms with Crippen molar-refractivity contribution in [2.24, 2.45) is 5.73 Å². The van der Waals surface area contributed by atoms with E-state index in [2.05, 4.69) is 15.9 Å². The summed E-state index contributed by atoms with van der Waals surface area (Å²) in [6.45, 7) is 1.31. The number of nitrogens with zero attached hydrogens (tertiary/aromatic N) is 1. The molecule has 0 bridgehead atoms. The SMILES string of the molecule is NC1CCN(C(=O)c2cc3cccc(Br)c3o2)C1. The molecule has 0 saturated carbocycles. The molecule has 2 aromatic rings. The van der Waals surface area contributed by atoms with Crippen LogP contribution in [0.25, 0.3) is 11.0 Å². The number of carbonyl (C=O) groups excluding carboxylic acids is 1. The van der Waals surface area contributed by atoms with Gasteiger partial charge in [0.25, 0.3) is 5.91 Å². The zero-order chi connectivity index (χ0) is 12.7. The van der Waals surface area contributed by atoms with Gasteiger partial charge in [-0.2, -0.15) is 0 Å². The summed E-state index contributed by atoms with van der Waals surface area (Å²) in [5, 5.41) is 0.927. The first-order chi connectivity index (χ1) is 8.65. The van der Waals surface area contributed by atoms with Crippen LogP contribution in [0.15, 0.2) is 33.2 Å². The highest BCUT2D eigenvalue weighted by molar-refractivity contribution is 9.10. The average molecular weight is 309 g/mol. The lowest BCUT2D eigenvalue weighted by Crippen LogP contribution is -2.31. The quantitative estimate of drug-likeness (QED) is 0.880. The molecule has 2 N–H and O–H groups in total. The molecule has 1 atom stereocenters. The Morgan fingerprint density at radius 2 is 2.33 bits per heavy atom. The first-order valence-corrected chi connectivity index (χ1v) is 6.67. The highest BCUT2D eigenvalue weighted by atomic mass is 79.9. The van der Waals surface area contributed by atoms with Crippen LogP contribution in [0.1, 0.15) is 17.0 Å². The second-order valence-corrected chi connectivity index (χ2v) is 5.42. The number of furan rings is 1. The summed E-state index contributed by atoms with van der Waals surface area (Å²) in [5.41, 5.74) is 6.52. The third-order valence-electron chi connectivity index (χ3n) is 3.22. The molecule has 5 heteroatoms. The van der Waals surface area contributed by atoms with Crippen LogP contribution in [-0.2, 0) is 0 Å². The Hall–Kier alpha value is -1.33. The number of hydrogen-bond acceptors (Lipinski definition) is 3. The van der Waals surface area contributed by atoms with Crippen molar-refractivity contribution in [2.75, 3.05) is 13.1 Å². The van der Waals surface area contributed by atoms with Crippen LogP contribution in [0.2, 0.25) is 0 Å². The van der Waals surface area contributed by atoms with Gasteiger partial charge in [0.1, 0.15) is 5.58 Å². The van der Waals surface area contributed by atoms with E-state index in [-0.39, 0.29) is 11.9 Å². The van der Waals surface area contributed by atoms with Crippen molar-refractivity contribution in [1.29, 1.82) is 0 Å². The van der Waals surface area contributed by atoms with E-state index in [1.807, 2.05) is 18.2 Å². The standard InChI is InChI=1S/C13H13BrN2O2/c14-10-3-1-2-8-6-11(18-12(8)10)13(17)16-5-4-9(15)7-16/h1-3,6,9H,4-5,7,15H2. The van der Waals surface area contributed by atoms with Crippen molar-refractivity contribution in [3.8, 4) is 0 Å². The largest absolute Gasteiger partial charge is 0.450 e. The number of halogens is 1. The molecule has 1 aromatic heterocycles. The summed E-state index contributed by atoms with van der Waals surface area (Å²) >= 11 is 3.41. The minimum Gasteiger partial charge on any atom is -0.450 e. The Labute approximate surface area is 113 Å². The molecule has 18 heavy (non-hydrogen) atoms. The Balaban J connectivity index is 1.95. The molecule has 0 aliphatic carbocycles. The van der Waals surface area contributed by atoms with Gasteiger partial charge < -0.3 is 15.1 Å². The molecular formula is C13H13BrN2O2. The van der Waals surface area contributed by atoms with Gasteiger partial charge in [-0.3, -0.25) is 4.79 Å². The second-order valence-electron chi connectivity index (χ2n) is 4.57. The molecule has 1 unspecified atom stereocenters. The molecule has 1 aromatic carbocycles. The number of hydrogen-bond donors (Lipinski definition) is 1.